The number of hydrogen-bond donors (Lipinski definition) is 0. The Morgan fingerprint density at radius 1 is 1.26 bits per heavy atom. The molecule has 1 saturated carbocycles. The van der Waals surface area contributed by atoms with E-state index in [9.17, 15) is 14.0 Å². The fraction of sp³-hybridized carbons (Fsp3) is 0.250. The molecular weight excluding hydrogens is 479 g/mol. The molecule has 5 rings (SSSR count). The third-order valence-electron chi connectivity index (χ3n) is 5.83. The van der Waals surface area contributed by atoms with Crippen LogP contribution in [0.4, 0.5) is 4.39 Å². The number of halogens is 2. The van der Waals surface area contributed by atoms with Crippen molar-refractivity contribution in [2.24, 2.45) is 0 Å². The minimum Gasteiger partial charge on any atom is -0.494 e. The molecule has 7 nitrogen and oxygen atoms in total. The van der Waals surface area contributed by atoms with Crippen LogP contribution in [0.15, 0.2) is 46.2 Å². The molecule has 1 fully saturated rings. The summed E-state index contributed by atoms with van der Waals surface area (Å²) in [5.74, 6) is -0.190. The molecule has 0 bridgehead atoms. The van der Waals surface area contributed by atoms with E-state index in [2.05, 4.69) is 4.98 Å². The van der Waals surface area contributed by atoms with E-state index in [1.165, 1.54) is 23.9 Å². The zero-order valence-corrected chi connectivity index (χ0v) is 19.6. The highest BCUT2D eigenvalue weighted by molar-refractivity contribution is 7.22. The monoisotopic (exact) mass is 496 g/mol. The number of nitriles is 1. The predicted octanol–water partition coefficient (Wildman–Crippen LogP) is 4.87. The van der Waals surface area contributed by atoms with Crippen molar-refractivity contribution in [3.05, 3.63) is 73.9 Å². The van der Waals surface area contributed by atoms with Crippen LogP contribution in [-0.2, 0) is 6.54 Å². The summed E-state index contributed by atoms with van der Waals surface area (Å²) in [5.41, 5.74) is 1.22. The molecule has 1 aliphatic carbocycles. The number of benzene rings is 1. The average molecular weight is 497 g/mol. The highest BCUT2D eigenvalue weighted by Crippen LogP contribution is 2.40. The number of fused-ring (bicyclic) bond motifs is 1. The molecule has 0 atom stereocenters. The molecule has 0 amide bonds. The highest BCUT2D eigenvalue weighted by Gasteiger charge is 2.25. The summed E-state index contributed by atoms with van der Waals surface area (Å²) in [6.07, 6.45) is 5.45. The molecule has 3 heterocycles. The van der Waals surface area contributed by atoms with Crippen molar-refractivity contribution in [2.75, 3.05) is 7.11 Å². The lowest BCUT2D eigenvalue weighted by Crippen LogP contribution is -2.38. The Balaban J connectivity index is 1.77. The Bertz CT molecular complexity index is 1600. The summed E-state index contributed by atoms with van der Waals surface area (Å²) in [4.78, 5) is 31.8. The normalized spacial score (nSPS) is 13.2. The second-order valence-electron chi connectivity index (χ2n) is 8.03. The van der Waals surface area contributed by atoms with Gasteiger partial charge >= 0.3 is 5.69 Å². The number of thiophene rings is 1. The Morgan fingerprint density at radius 2 is 2.06 bits per heavy atom. The van der Waals surface area contributed by atoms with E-state index in [-0.39, 0.29) is 23.7 Å². The van der Waals surface area contributed by atoms with Gasteiger partial charge in [0.15, 0.2) is 11.6 Å². The fourth-order valence-electron chi connectivity index (χ4n) is 3.97. The molecule has 1 aromatic carbocycles. The number of ether oxygens (including phenoxy) is 1. The molecule has 1 aliphatic rings. The number of rotatable bonds is 6. The molecule has 0 aliphatic heterocycles. The van der Waals surface area contributed by atoms with Gasteiger partial charge in [-0.15, -0.1) is 11.3 Å². The van der Waals surface area contributed by atoms with Gasteiger partial charge in [-0.25, -0.2) is 13.8 Å². The lowest BCUT2D eigenvalue weighted by Gasteiger charge is -2.11. The number of aromatic nitrogens is 3. The Morgan fingerprint density at radius 3 is 2.76 bits per heavy atom. The van der Waals surface area contributed by atoms with Crippen molar-refractivity contribution < 1.29 is 9.13 Å². The summed E-state index contributed by atoms with van der Waals surface area (Å²) < 4.78 is 22.0. The van der Waals surface area contributed by atoms with Crippen LogP contribution in [-0.4, -0.2) is 21.2 Å². The molecule has 0 saturated heterocycles. The third kappa shape index (κ3) is 3.79. The van der Waals surface area contributed by atoms with Gasteiger partial charge < -0.3 is 4.74 Å². The van der Waals surface area contributed by atoms with E-state index < -0.39 is 17.1 Å². The first kappa shape index (κ1) is 22.3. The quantitative estimate of drug-likeness (QED) is 0.380. The topological polar surface area (TPSA) is 89.9 Å². The second-order valence-corrected chi connectivity index (χ2v) is 9.48. The fourth-order valence-corrected chi connectivity index (χ4v) is 5.40. The van der Waals surface area contributed by atoms with Gasteiger partial charge in [-0.3, -0.25) is 14.3 Å². The van der Waals surface area contributed by atoms with Gasteiger partial charge in [0.05, 0.1) is 42.0 Å². The number of methoxy groups -OCH3 is 1. The van der Waals surface area contributed by atoms with Crippen LogP contribution in [0.2, 0.25) is 5.02 Å². The van der Waals surface area contributed by atoms with E-state index in [1.54, 1.807) is 12.3 Å². The zero-order valence-electron chi connectivity index (χ0n) is 18.0. The van der Waals surface area contributed by atoms with Crippen LogP contribution in [0.25, 0.3) is 26.3 Å². The first-order chi connectivity index (χ1) is 16.4. The average Bonchev–Trinajstić information content (AvgIpc) is 3.58. The predicted molar refractivity (Wildman–Crippen MR) is 129 cm³/mol. The zero-order chi connectivity index (χ0) is 24.0. The van der Waals surface area contributed by atoms with Gasteiger partial charge in [0.25, 0.3) is 5.56 Å². The number of aryl methyl sites for hydroxylation is 1. The second kappa shape index (κ2) is 8.70. The highest BCUT2D eigenvalue weighted by atomic mass is 35.5. The van der Waals surface area contributed by atoms with Crippen LogP contribution in [0.3, 0.4) is 0 Å². The van der Waals surface area contributed by atoms with E-state index in [1.807, 2.05) is 12.1 Å². The Labute approximate surface area is 202 Å². The third-order valence-corrected chi connectivity index (χ3v) is 7.29. The largest absolute Gasteiger partial charge is 0.494 e. The number of nitrogens with zero attached hydrogens (tertiary/aromatic N) is 4. The van der Waals surface area contributed by atoms with Gasteiger partial charge in [0, 0.05) is 23.2 Å². The summed E-state index contributed by atoms with van der Waals surface area (Å²) in [7, 11) is 1.35. The van der Waals surface area contributed by atoms with Gasteiger partial charge in [-0.1, -0.05) is 11.6 Å². The van der Waals surface area contributed by atoms with Crippen molar-refractivity contribution in [1.29, 1.82) is 5.26 Å². The standard InChI is InChI=1S/C24H18ClFN4O3S/c1-33-20-8-16(17(25)9-18(20)26)21-10-19-22(34-21)23(31)30(24(32)29(19)6-2-5-27)15-7-14(11-28-12-15)13-3-4-13/h7-13H,2-4,6H2,1H3. The molecule has 10 heteroatoms. The van der Waals surface area contributed by atoms with Gasteiger partial charge in [-0.2, -0.15) is 5.26 Å². The molecule has 34 heavy (non-hydrogen) atoms. The molecule has 0 spiro atoms. The van der Waals surface area contributed by atoms with Crippen LogP contribution in [0.5, 0.6) is 5.75 Å². The molecule has 4 aromatic rings. The smallest absolute Gasteiger partial charge is 0.336 e. The van der Waals surface area contributed by atoms with Crippen molar-refractivity contribution in [1.82, 2.24) is 14.1 Å². The number of pyridine rings is 1. The molecule has 3 aromatic heterocycles. The summed E-state index contributed by atoms with van der Waals surface area (Å²) in [5, 5.41) is 9.28. The molecule has 0 radical (unpaired) electrons. The number of hydrogen-bond acceptors (Lipinski definition) is 6. The van der Waals surface area contributed by atoms with Crippen molar-refractivity contribution >= 4 is 33.2 Å². The Hall–Kier alpha value is -3.48. The van der Waals surface area contributed by atoms with Crippen molar-refractivity contribution in [2.45, 2.75) is 31.7 Å². The maximum absolute atomic E-state index is 14.1. The van der Waals surface area contributed by atoms with E-state index in [0.717, 1.165) is 40.4 Å². The summed E-state index contributed by atoms with van der Waals surface area (Å²) >= 11 is 7.45. The van der Waals surface area contributed by atoms with Crippen molar-refractivity contribution in [3.8, 4) is 27.9 Å². The van der Waals surface area contributed by atoms with E-state index in [0.29, 0.717) is 32.3 Å². The van der Waals surface area contributed by atoms with Crippen LogP contribution in [0, 0.1) is 17.1 Å². The van der Waals surface area contributed by atoms with Crippen LogP contribution < -0.4 is 16.0 Å². The maximum atomic E-state index is 14.1. The van der Waals surface area contributed by atoms with Gasteiger partial charge in [0.2, 0.25) is 0 Å². The summed E-state index contributed by atoms with van der Waals surface area (Å²) in [6.45, 7) is 0.110. The lowest BCUT2D eigenvalue weighted by atomic mass is 10.1. The minimum absolute atomic E-state index is 0.0131. The molecule has 0 unspecified atom stereocenters. The van der Waals surface area contributed by atoms with Gasteiger partial charge in [-0.05, 0) is 48.6 Å². The molecular formula is C24H18ClFN4O3S. The Kier molecular flexibility index (Phi) is 5.71. The van der Waals surface area contributed by atoms with Crippen LogP contribution >= 0.6 is 22.9 Å². The van der Waals surface area contributed by atoms with E-state index >= 15 is 0 Å². The van der Waals surface area contributed by atoms with E-state index in [4.69, 9.17) is 21.6 Å². The van der Waals surface area contributed by atoms with Crippen LogP contribution in [0.1, 0.15) is 30.7 Å². The summed E-state index contributed by atoms with van der Waals surface area (Å²) in [6, 6.07) is 8.15. The first-order valence-corrected chi connectivity index (χ1v) is 11.8. The molecule has 172 valence electrons. The lowest BCUT2D eigenvalue weighted by molar-refractivity contribution is 0.387. The maximum Gasteiger partial charge on any atom is 0.336 e. The SMILES string of the molecule is COc1cc(-c2cc3c(s2)c(=O)n(-c2cncc(C4CC4)c2)c(=O)n3CCC#N)c(Cl)cc1F. The first-order valence-electron chi connectivity index (χ1n) is 10.6. The van der Waals surface area contributed by atoms with Crippen molar-refractivity contribution in [3.63, 3.8) is 0 Å². The minimum atomic E-state index is -0.603. The molecule has 0 N–H and O–H groups in total. The van der Waals surface area contributed by atoms with Gasteiger partial charge in [0.1, 0.15) is 4.70 Å².